The van der Waals surface area contributed by atoms with Gasteiger partial charge in [-0.3, -0.25) is 0 Å². The molecular weight excluding hydrogens is 311 g/mol. The Labute approximate surface area is 130 Å². The van der Waals surface area contributed by atoms with Crippen molar-refractivity contribution in [2.24, 2.45) is 0 Å². The van der Waals surface area contributed by atoms with Gasteiger partial charge in [-0.05, 0) is 54.6 Å². The Morgan fingerprint density at radius 2 is 2.00 bits per heavy atom. The third-order valence-corrected chi connectivity index (χ3v) is 5.25. The van der Waals surface area contributed by atoms with Gasteiger partial charge in [0.15, 0.2) is 0 Å². The SMILES string of the molecule is Clc1nc(Cl)c2c(ccc3sc4c(c32)CCCC=C4)n1. The molecule has 4 rings (SSSR count). The number of hydrogen-bond donors (Lipinski definition) is 0. The fourth-order valence-corrected chi connectivity index (χ4v) is 4.48. The van der Waals surface area contributed by atoms with Crippen LogP contribution >= 0.6 is 34.5 Å². The lowest BCUT2D eigenvalue weighted by atomic mass is 10.0. The first-order valence-corrected chi connectivity index (χ1v) is 8.05. The monoisotopic (exact) mass is 320 g/mol. The second-order valence-electron chi connectivity index (χ2n) is 4.86. The number of rotatable bonds is 0. The number of thiophene rings is 1. The molecule has 0 saturated heterocycles. The molecule has 20 heavy (non-hydrogen) atoms. The summed E-state index contributed by atoms with van der Waals surface area (Å²) in [6.45, 7) is 0. The molecule has 3 aromatic rings. The fourth-order valence-electron chi connectivity index (χ4n) is 2.79. The number of benzene rings is 1. The number of allylic oxidation sites excluding steroid dienone is 1. The minimum absolute atomic E-state index is 0.197. The zero-order valence-electron chi connectivity index (χ0n) is 10.5. The van der Waals surface area contributed by atoms with Gasteiger partial charge in [0, 0.05) is 20.3 Å². The van der Waals surface area contributed by atoms with Crippen molar-refractivity contribution in [1.29, 1.82) is 0 Å². The van der Waals surface area contributed by atoms with E-state index in [0.29, 0.717) is 5.15 Å². The third-order valence-electron chi connectivity index (χ3n) is 3.64. The maximum atomic E-state index is 6.33. The van der Waals surface area contributed by atoms with E-state index in [1.165, 1.54) is 20.5 Å². The summed E-state index contributed by atoms with van der Waals surface area (Å²) in [5.41, 5.74) is 2.19. The molecule has 0 spiro atoms. The molecule has 0 unspecified atom stereocenters. The first-order valence-electron chi connectivity index (χ1n) is 6.48. The summed E-state index contributed by atoms with van der Waals surface area (Å²) in [4.78, 5) is 9.73. The Kier molecular flexibility index (Phi) is 2.95. The molecule has 1 aromatic carbocycles. The van der Waals surface area contributed by atoms with Crippen LogP contribution in [0, 0.1) is 0 Å². The Morgan fingerprint density at radius 1 is 1.10 bits per heavy atom. The number of aromatic nitrogens is 2. The smallest absolute Gasteiger partial charge is 0.218 e. The van der Waals surface area contributed by atoms with Gasteiger partial charge < -0.3 is 0 Å². The molecule has 100 valence electrons. The van der Waals surface area contributed by atoms with E-state index in [1.54, 1.807) is 11.3 Å². The Bertz CT molecular complexity index is 867. The summed E-state index contributed by atoms with van der Waals surface area (Å²) < 4.78 is 1.24. The van der Waals surface area contributed by atoms with Crippen LogP contribution < -0.4 is 0 Å². The van der Waals surface area contributed by atoms with E-state index >= 15 is 0 Å². The molecule has 1 aliphatic rings. The standard InChI is InChI=1S/C15H10Cl2N2S/c16-14-13-9(18-15(17)19-14)6-7-11-12(13)8-4-2-1-3-5-10(8)20-11/h3,5-7H,1-2,4H2. The minimum atomic E-state index is 0.197. The van der Waals surface area contributed by atoms with Crippen LogP contribution in [-0.2, 0) is 6.42 Å². The van der Waals surface area contributed by atoms with Crippen LogP contribution in [0.5, 0.6) is 0 Å². The normalized spacial score (nSPS) is 14.7. The van der Waals surface area contributed by atoms with E-state index in [-0.39, 0.29) is 5.28 Å². The second kappa shape index (κ2) is 4.69. The lowest BCUT2D eigenvalue weighted by molar-refractivity contribution is 0.858. The zero-order chi connectivity index (χ0) is 13.7. The summed E-state index contributed by atoms with van der Waals surface area (Å²) in [5, 5.41) is 2.78. The predicted octanol–water partition coefficient (Wildman–Crippen LogP) is 5.50. The molecule has 0 saturated carbocycles. The highest BCUT2D eigenvalue weighted by molar-refractivity contribution is 7.20. The molecule has 0 aliphatic heterocycles. The molecule has 2 nitrogen and oxygen atoms in total. The summed E-state index contributed by atoms with van der Waals surface area (Å²) in [6, 6.07) is 4.07. The van der Waals surface area contributed by atoms with E-state index in [1.807, 2.05) is 6.07 Å². The maximum Gasteiger partial charge on any atom is 0.224 e. The molecule has 0 fully saturated rings. The average Bonchev–Trinajstić information content (AvgIpc) is 2.61. The van der Waals surface area contributed by atoms with Crippen LogP contribution in [0.1, 0.15) is 23.3 Å². The lowest BCUT2D eigenvalue weighted by Crippen LogP contribution is -1.90. The molecular formula is C15H10Cl2N2S. The molecule has 0 bridgehead atoms. The molecule has 5 heteroatoms. The van der Waals surface area contributed by atoms with Crippen molar-refractivity contribution in [2.75, 3.05) is 0 Å². The van der Waals surface area contributed by atoms with Crippen LogP contribution in [0.3, 0.4) is 0 Å². The highest BCUT2D eigenvalue weighted by atomic mass is 35.5. The molecule has 0 radical (unpaired) electrons. The van der Waals surface area contributed by atoms with Crippen molar-refractivity contribution in [2.45, 2.75) is 19.3 Å². The summed E-state index contributed by atoms with van der Waals surface area (Å²) in [6.07, 6.45) is 7.84. The van der Waals surface area contributed by atoms with Crippen molar-refractivity contribution < 1.29 is 0 Å². The molecule has 0 amide bonds. The Morgan fingerprint density at radius 3 is 2.90 bits per heavy atom. The minimum Gasteiger partial charge on any atom is -0.218 e. The number of nitrogens with zero attached hydrogens (tertiary/aromatic N) is 2. The van der Waals surface area contributed by atoms with Crippen LogP contribution in [0.2, 0.25) is 10.4 Å². The summed E-state index contributed by atoms with van der Waals surface area (Å²) in [7, 11) is 0. The summed E-state index contributed by atoms with van der Waals surface area (Å²) >= 11 is 14.0. The van der Waals surface area contributed by atoms with Gasteiger partial charge in [-0.1, -0.05) is 17.7 Å². The molecule has 2 aromatic heterocycles. The number of fused-ring (bicyclic) bond motifs is 5. The van der Waals surface area contributed by atoms with Gasteiger partial charge in [0.1, 0.15) is 5.15 Å². The van der Waals surface area contributed by atoms with E-state index in [2.05, 4.69) is 28.2 Å². The van der Waals surface area contributed by atoms with Crippen molar-refractivity contribution in [3.63, 3.8) is 0 Å². The van der Waals surface area contributed by atoms with Gasteiger partial charge in [0.25, 0.3) is 0 Å². The van der Waals surface area contributed by atoms with Crippen LogP contribution in [0.15, 0.2) is 18.2 Å². The second-order valence-corrected chi connectivity index (χ2v) is 6.64. The Hall–Kier alpha value is -1.16. The van der Waals surface area contributed by atoms with E-state index in [9.17, 15) is 0 Å². The largest absolute Gasteiger partial charge is 0.224 e. The molecule has 2 heterocycles. The van der Waals surface area contributed by atoms with Crippen LogP contribution in [0.25, 0.3) is 27.1 Å². The predicted molar refractivity (Wildman–Crippen MR) is 86.9 cm³/mol. The van der Waals surface area contributed by atoms with Crippen molar-refractivity contribution in [3.8, 4) is 0 Å². The Balaban J connectivity index is 2.19. The zero-order valence-corrected chi connectivity index (χ0v) is 12.8. The molecule has 1 aliphatic carbocycles. The first kappa shape index (κ1) is 12.6. The quantitative estimate of drug-likeness (QED) is 0.403. The van der Waals surface area contributed by atoms with Gasteiger partial charge in [-0.15, -0.1) is 11.3 Å². The number of halogens is 2. The van der Waals surface area contributed by atoms with Crippen LogP contribution in [-0.4, -0.2) is 9.97 Å². The summed E-state index contributed by atoms with van der Waals surface area (Å²) in [5.74, 6) is 0. The van der Waals surface area contributed by atoms with Gasteiger partial charge in [0.05, 0.1) is 5.52 Å². The van der Waals surface area contributed by atoms with Gasteiger partial charge >= 0.3 is 0 Å². The third kappa shape index (κ3) is 1.85. The topological polar surface area (TPSA) is 25.8 Å². The lowest BCUT2D eigenvalue weighted by Gasteiger charge is -2.05. The van der Waals surface area contributed by atoms with E-state index in [4.69, 9.17) is 23.2 Å². The highest BCUT2D eigenvalue weighted by Crippen LogP contribution is 2.40. The van der Waals surface area contributed by atoms with Gasteiger partial charge in [-0.25, -0.2) is 9.97 Å². The van der Waals surface area contributed by atoms with Gasteiger partial charge in [-0.2, -0.15) is 0 Å². The number of aryl methyl sites for hydroxylation is 1. The molecule has 0 N–H and O–H groups in total. The maximum absolute atomic E-state index is 6.33. The van der Waals surface area contributed by atoms with Gasteiger partial charge in [0.2, 0.25) is 5.28 Å². The number of hydrogen-bond acceptors (Lipinski definition) is 3. The van der Waals surface area contributed by atoms with E-state index < -0.39 is 0 Å². The average molecular weight is 321 g/mol. The van der Waals surface area contributed by atoms with Crippen molar-refractivity contribution in [3.05, 3.63) is 39.1 Å². The fraction of sp³-hybridized carbons (Fsp3) is 0.200. The first-order chi connectivity index (χ1) is 9.74. The van der Waals surface area contributed by atoms with E-state index in [0.717, 1.165) is 30.2 Å². The molecule has 0 atom stereocenters. The van der Waals surface area contributed by atoms with Crippen molar-refractivity contribution >= 4 is 61.6 Å². The van der Waals surface area contributed by atoms with Crippen LogP contribution in [0.4, 0.5) is 0 Å². The van der Waals surface area contributed by atoms with Crippen molar-refractivity contribution in [1.82, 2.24) is 9.97 Å². The highest BCUT2D eigenvalue weighted by Gasteiger charge is 2.17.